The predicted molar refractivity (Wildman–Crippen MR) is 190 cm³/mol. The number of rotatable bonds is 3. The monoisotopic (exact) mass is 557 g/mol. The quantitative estimate of drug-likeness (QED) is 0.154. The summed E-state index contributed by atoms with van der Waals surface area (Å²) in [5.41, 5.74) is 10.0. The van der Waals surface area contributed by atoms with Crippen LogP contribution in [0.4, 0.5) is 11.4 Å². The zero-order chi connectivity index (χ0) is 29.0. The number of para-hydroxylation sites is 1. The first-order chi connectivity index (χ1) is 21.8. The molecule has 8 aromatic carbocycles. The van der Waals surface area contributed by atoms with Gasteiger partial charge in [0.1, 0.15) is 0 Å². The van der Waals surface area contributed by atoms with E-state index in [0.717, 1.165) is 0 Å². The highest BCUT2D eigenvalue weighted by molar-refractivity contribution is 6.90. The molecule has 0 radical (unpaired) electrons. The molecule has 0 unspecified atom stereocenters. The molecule has 8 aromatic rings. The maximum Gasteiger partial charge on any atom is 0.328 e. The van der Waals surface area contributed by atoms with Crippen LogP contribution in [0, 0.1) is 0 Å². The fourth-order valence-corrected chi connectivity index (χ4v) is 7.33. The summed E-state index contributed by atoms with van der Waals surface area (Å²) in [4.78, 5) is 2.51. The average Bonchev–Trinajstić information content (AvgIpc) is 3.11. The standard InChI is InChI=1S/C42H28BN/c1-3-13-31(14-4-1)43-41-22-12-11-21-38(41)40-28-30(24-26-42(40)44(43)32-15-5-2-6-16-32)29-23-25-37-35-19-8-7-17-33(35)34-18-9-10-20-36(34)39(37)27-29/h1-28H. The van der Waals surface area contributed by atoms with Crippen molar-refractivity contribution in [3.63, 3.8) is 0 Å². The molecule has 0 bridgehead atoms. The molecule has 44 heavy (non-hydrogen) atoms. The van der Waals surface area contributed by atoms with E-state index in [1.54, 1.807) is 0 Å². The number of anilines is 2. The lowest BCUT2D eigenvalue weighted by Crippen LogP contribution is -2.57. The molecule has 9 rings (SSSR count). The SMILES string of the molecule is c1ccc(B2c3ccccc3-c3cc(-c4ccc5c6ccccc6c6ccccc6c5c4)ccc3N2c2ccccc2)cc1. The first-order valence-electron chi connectivity index (χ1n) is 15.3. The van der Waals surface area contributed by atoms with Crippen LogP contribution in [-0.2, 0) is 0 Å². The number of fused-ring (bicyclic) bond motifs is 9. The smallest absolute Gasteiger partial charge is 0.328 e. The largest absolute Gasteiger partial charge is 0.376 e. The Morgan fingerprint density at radius 1 is 0.364 bits per heavy atom. The van der Waals surface area contributed by atoms with Gasteiger partial charge in [-0.1, -0.05) is 145 Å². The fraction of sp³-hybridized carbons (Fsp3) is 0. The van der Waals surface area contributed by atoms with E-state index in [0.29, 0.717) is 0 Å². The summed E-state index contributed by atoms with van der Waals surface area (Å²) in [6.07, 6.45) is 0. The lowest BCUT2D eigenvalue weighted by Gasteiger charge is -2.39. The van der Waals surface area contributed by atoms with Crippen LogP contribution in [0.3, 0.4) is 0 Å². The Kier molecular flexibility index (Phi) is 5.67. The van der Waals surface area contributed by atoms with Crippen molar-refractivity contribution in [1.82, 2.24) is 0 Å². The topological polar surface area (TPSA) is 3.24 Å². The van der Waals surface area contributed by atoms with Crippen molar-refractivity contribution >= 4 is 61.5 Å². The predicted octanol–water partition coefficient (Wildman–Crippen LogP) is 9.74. The molecular formula is C42H28BN. The van der Waals surface area contributed by atoms with Crippen LogP contribution in [-0.4, -0.2) is 6.85 Å². The first kappa shape index (κ1) is 25.0. The van der Waals surface area contributed by atoms with Gasteiger partial charge in [-0.3, -0.25) is 0 Å². The number of hydrogen-bond donors (Lipinski definition) is 0. The Morgan fingerprint density at radius 3 is 1.59 bits per heavy atom. The van der Waals surface area contributed by atoms with Crippen LogP contribution in [0.5, 0.6) is 0 Å². The van der Waals surface area contributed by atoms with Crippen molar-refractivity contribution in [3.8, 4) is 22.3 Å². The van der Waals surface area contributed by atoms with Crippen LogP contribution in [0.2, 0.25) is 0 Å². The summed E-state index contributed by atoms with van der Waals surface area (Å²) in [5.74, 6) is 0. The van der Waals surface area contributed by atoms with E-state index in [1.165, 1.54) is 76.9 Å². The van der Waals surface area contributed by atoms with Gasteiger partial charge in [0, 0.05) is 16.9 Å². The summed E-state index contributed by atoms with van der Waals surface area (Å²) in [7, 11) is 0. The molecule has 0 aromatic heterocycles. The van der Waals surface area contributed by atoms with Crippen LogP contribution in [0.25, 0.3) is 54.6 Å². The van der Waals surface area contributed by atoms with Gasteiger partial charge < -0.3 is 4.81 Å². The molecule has 2 heteroatoms. The van der Waals surface area contributed by atoms with E-state index in [2.05, 4.69) is 175 Å². The van der Waals surface area contributed by atoms with Gasteiger partial charge in [-0.2, -0.15) is 0 Å². The average molecular weight is 558 g/mol. The zero-order valence-corrected chi connectivity index (χ0v) is 24.2. The number of benzene rings is 8. The molecule has 1 aliphatic rings. The molecule has 0 atom stereocenters. The molecule has 0 aliphatic carbocycles. The molecular weight excluding hydrogens is 529 g/mol. The summed E-state index contributed by atoms with van der Waals surface area (Å²) in [6.45, 7) is 0.0773. The highest BCUT2D eigenvalue weighted by Crippen LogP contribution is 2.43. The minimum atomic E-state index is 0.0773. The molecule has 204 valence electrons. The fourth-order valence-electron chi connectivity index (χ4n) is 7.33. The molecule has 0 saturated carbocycles. The van der Waals surface area contributed by atoms with Crippen LogP contribution < -0.4 is 15.7 Å². The minimum Gasteiger partial charge on any atom is -0.376 e. The Bertz CT molecular complexity index is 2310. The van der Waals surface area contributed by atoms with Crippen LogP contribution in [0.1, 0.15) is 0 Å². The molecule has 0 saturated heterocycles. The van der Waals surface area contributed by atoms with Gasteiger partial charge in [0.2, 0.25) is 0 Å². The second kappa shape index (κ2) is 10.0. The van der Waals surface area contributed by atoms with Crippen LogP contribution in [0.15, 0.2) is 170 Å². The van der Waals surface area contributed by atoms with E-state index in [-0.39, 0.29) is 6.85 Å². The van der Waals surface area contributed by atoms with E-state index >= 15 is 0 Å². The van der Waals surface area contributed by atoms with Crippen molar-refractivity contribution in [2.45, 2.75) is 0 Å². The van der Waals surface area contributed by atoms with E-state index < -0.39 is 0 Å². The van der Waals surface area contributed by atoms with Crippen molar-refractivity contribution in [2.75, 3.05) is 4.81 Å². The summed E-state index contributed by atoms with van der Waals surface area (Å²) < 4.78 is 0. The van der Waals surface area contributed by atoms with Crippen molar-refractivity contribution in [1.29, 1.82) is 0 Å². The third-order valence-corrected chi connectivity index (χ3v) is 9.29. The molecule has 0 amide bonds. The van der Waals surface area contributed by atoms with Gasteiger partial charge in [0.15, 0.2) is 0 Å². The van der Waals surface area contributed by atoms with E-state index in [1.807, 2.05) is 0 Å². The van der Waals surface area contributed by atoms with Gasteiger partial charge >= 0.3 is 6.85 Å². The molecule has 0 fully saturated rings. The summed E-state index contributed by atoms with van der Waals surface area (Å²) in [6, 6.07) is 62.2. The highest BCUT2D eigenvalue weighted by Gasteiger charge is 2.36. The second-order valence-electron chi connectivity index (χ2n) is 11.7. The third-order valence-electron chi connectivity index (χ3n) is 9.29. The van der Waals surface area contributed by atoms with Gasteiger partial charge in [0.05, 0.1) is 0 Å². The Labute approximate surface area is 257 Å². The maximum atomic E-state index is 2.51. The Hall–Kier alpha value is -5.60. The lowest BCUT2D eigenvalue weighted by molar-refractivity contribution is 1.36. The summed E-state index contributed by atoms with van der Waals surface area (Å²) in [5, 5.41) is 7.81. The first-order valence-corrected chi connectivity index (χ1v) is 15.3. The highest BCUT2D eigenvalue weighted by atomic mass is 15.1. The van der Waals surface area contributed by atoms with Crippen molar-refractivity contribution in [2.24, 2.45) is 0 Å². The molecule has 1 nitrogen and oxygen atoms in total. The maximum absolute atomic E-state index is 2.51. The molecule has 0 spiro atoms. The van der Waals surface area contributed by atoms with Gasteiger partial charge in [-0.15, -0.1) is 0 Å². The normalized spacial score (nSPS) is 12.5. The van der Waals surface area contributed by atoms with E-state index in [4.69, 9.17) is 0 Å². The Morgan fingerprint density at radius 2 is 0.886 bits per heavy atom. The zero-order valence-electron chi connectivity index (χ0n) is 24.2. The van der Waals surface area contributed by atoms with Crippen LogP contribution >= 0.6 is 0 Å². The number of nitrogens with zero attached hydrogens (tertiary/aromatic N) is 1. The van der Waals surface area contributed by atoms with Gasteiger partial charge in [-0.25, -0.2) is 0 Å². The second-order valence-corrected chi connectivity index (χ2v) is 11.7. The van der Waals surface area contributed by atoms with Crippen molar-refractivity contribution in [3.05, 3.63) is 170 Å². The third kappa shape index (κ3) is 3.81. The van der Waals surface area contributed by atoms with Crippen molar-refractivity contribution < 1.29 is 0 Å². The minimum absolute atomic E-state index is 0.0773. The number of hydrogen-bond acceptors (Lipinski definition) is 1. The van der Waals surface area contributed by atoms with Gasteiger partial charge in [-0.05, 0) is 84.8 Å². The van der Waals surface area contributed by atoms with Gasteiger partial charge in [0.25, 0.3) is 0 Å². The lowest BCUT2D eigenvalue weighted by atomic mass is 9.45. The Balaban J connectivity index is 1.27. The van der Waals surface area contributed by atoms with E-state index in [9.17, 15) is 0 Å². The molecule has 1 aliphatic heterocycles. The molecule has 0 N–H and O–H groups in total. The summed E-state index contributed by atoms with van der Waals surface area (Å²) >= 11 is 0. The molecule has 1 heterocycles.